The van der Waals surface area contributed by atoms with Crippen molar-refractivity contribution in [3.8, 4) is 0 Å². The van der Waals surface area contributed by atoms with Gasteiger partial charge in [-0.15, -0.1) is 11.3 Å². The number of carboxylic acids is 2. The molecule has 0 aliphatic carbocycles. The van der Waals surface area contributed by atoms with Gasteiger partial charge in [0.15, 0.2) is 10.8 Å². The zero-order valence-corrected chi connectivity index (χ0v) is 14.5. The van der Waals surface area contributed by atoms with E-state index in [2.05, 4.69) is 15.5 Å². The third-order valence-corrected chi connectivity index (χ3v) is 3.61. The van der Waals surface area contributed by atoms with Gasteiger partial charge < -0.3 is 31.8 Å². The molecule has 0 bridgehead atoms. The summed E-state index contributed by atoms with van der Waals surface area (Å²) in [6, 6.07) is -2.28. The van der Waals surface area contributed by atoms with Gasteiger partial charge in [0.1, 0.15) is 11.7 Å². The molecular formula is C13H19N5O6S. The third-order valence-electron chi connectivity index (χ3n) is 2.94. The number of hydrogen-bond acceptors (Lipinski definition) is 9. The van der Waals surface area contributed by atoms with Crippen LogP contribution >= 0.6 is 11.3 Å². The van der Waals surface area contributed by atoms with Crippen LogP contribution in [0, 0.1) is 0 Å². The number of anilines is 1. The highest BCUT2D eigenvalue weighted by Gasteiger charge is 2.32. The fourth-order valence-corrected chi connectivity index (χ4v) is 1.98. The Labute approximate surface area is 146 Å². The second-order valence-electron chi connectivity index (χ2n) is 5.57. The maximum atomic E-state index is 12.4. The number of carbonyl (C=O) groups is 3. The lowest BCUT2D eigenvalue weighted by molar-refractivity contribution is -0.161. The predicted octanol–water partition coefficient (Wildman–Crippen LogP) is -0.774. The van der Waals surface area contributed by atoms with Gasteiger partial charge in [-0.2, -0.15) is 0 Å². The largest absolute Gasteiger partial charge is 0.480 e. The number of nitrogen functional groups attached to an aromatic ring is 1. The molecule has 2 atom stereocenters. The lowest BCUT2D eigenvalue weighted by atomic mass is 10.1. The molecule has 0 saturated carbocycles. The van der Waals surface area contributed by atoms with E-state index < -0.39 is 41.2 Å². The van der Waals surface area contributed by atoms with Crippen molar-refractivity contribution in [2.24, 2.45) is 10.9 Å². The van der Waals surface area contributed by atoms with Crippen molar-refractivity contribution >= 4 is 40.0 Å². The van der Waals surface area contributed by atoms with E-state index in [-0.39, 0.29) is 10.8 Å². The topological polar surface area (TPSA) is 190 Å². The van der Waals surface area contributed by atoms with Crippen LogP contribution in [-0.2, 0) is 19.2 Å². The second-order valence-corrected chi connectivity index (χ2v) is 6.46. The van der Waals surface area contributed by atoms with Crippen molar-refractivity contribution in [3.05, 3.63) is 11.1 Å². The molecule has 0 aliphatic rings. The SMILES string of the molecule is C[C@H](N)[C@H](NC(=O)/C(=N\OC(C)(C)C(=O)O)c1csc(N)n1)C(=O)O. The van der Waals surface area contributed by atoms with Gasteiger partial charge in [-0.1, -0.05) is 5.16 Å². The van der Waals surface area contributed by atoms with Crippen LogP contribution in [0.1, 0.15) is 26.5 Å². The average Bonchev–Trinajstić information content (AvgIpc) is 2.90. The first-order chi connectivity index (χ1) is 11.5. The molecule has 0 unspecified atom stereocenters. The lowest BCUT2D eigenvalue weighted by Crippen LogP contribution is -2.53. The van der Waals surface area contributed by atoms with Crippen LogP contribution in [-0.4, -0.2) is 56.4 Å². The molecule has 0 radical (unpaired) electrons. The number of aromatic nitrogens is 1. The molecule has 1 rings (SSSR count). The first-order valence-corrected chi connectivity index (χ1v) is 7.84. The molecule has 0 aliphatic heterocycles. The fraction of sp³-hybridized carbons (Fsp3) is 0.462. The molecule has 0 spiro atoms. The van der Waals surface area contributed by atoms with Crippen LogP contribution < -0.4 is 16.8 Å². The summed E-state index contributed by atoms with van der Waals surface area (Å²) in [6.07, 6.45) is 0. The Bertz CT molecular complexity index is 699. The van der Waals surface area contributed by atoms with E-state index in [1.807, 2.05) is 0 Å². The Morgan fingerprint density at radius 3 is 2.40 bits per heavy atom. The predicted molar refractivity (Wildman–Crippen MR) is 89.1 cm³/mol. The number of carbonyl (C=O) groups excluding carboxylic acids is 1. The fourth-order valence-electron chi connectivity index (χ4n) is 1.43. The Morgan fingerprint density at radius 1 is 1.40 bits per heavy atom. The summed E-state index contributed by atoms with van der Waals surface area (Å²) in [7, 11) is 0. The van der Waals surface area contributed by atoms with E-state index >= 15 is 0 Å². The number of aliphatic carboxylic acids is 2. The molecule has 0 fully saturated rings. The highest BCUT2D eigenvalue weighted by molar-refractivity contribution is 7.13. The first kappa shape index (κ1) is 20.3. The van der Waals surface area contributed by atoms with Gasteiger partial charge in [-0.05, 0) is 20.8 Å². The van der Waals surface area contributed by atoms with E-state index in [1.54, 1.807) is 0 Å². The maximum Gasteiger partial charge on any atom is 0.350 e. The second kappa shape index (κ2) is 7.90. The molecule has 1 aromatic heterocycles. The summed E-state index contributed by atoms with van der Waals surface area (Å²) in [5, 5.41) is 25.4. The smallest absolute Gasteiger partial charge is 0.350 e. The molecule has 1 aromatic rings. The van der Waals surface area contributed by atoms with E-state index in [0.717, 1.165) is 11.3 Å². The highest BCUT2D eigenvalue weighted by atomic mass is 32.1. The molecule has 138 valence electrons. The number of carboxylic acid groups (broad SMARTS) is 2. The van der Waals surface area contributed by atoms with E-state index in [0.29, 0.717) is 0 Å². The number of nitrogens with two attached hydrogens (primary N) is 2. The molecule has 0 aromatic carbocycles. The quantitative estimate of drug-likeness (QED) is 0.287. The van der Waals surface area contributed by atoms with Crippen molar-refractivity contribution in [1.82, 2.24) is 10.3 Å². The van der Waals surface area contributed by atoms with Gasteiger partial charge in [-0.25, -0.2) is 14.6 Å². The molecule has 1 amide bonds. The number of thiazole rings is 1. The standard InChI is InChI=1S/C13H19N5O6S/c1-5(14)7(10(20)21)17-9(19)8(6-4-25-12(15)16-6)18-24-13(2,3)11(22)23/h4-5,7H,14H2,1-3H3,(H2,15,16)(H,17,19)(H,20,21)(H,22,23)/b18-8-/t5-,7-/m0/s1. The van der Waals surface area contributed by atoms with Crippen molar-refractivity contribution in [1.29, 1.82) is 0 Å². The van der Waals surface area contributed by atoms with E-state index in [1.165, 1.54) is 26.2 Å². The average molecular weight is 373 g/mol. The Hall–Kier alpha value is -2.73. The normalized spacial score (nSPS) is 14.5. The summed E-state index contributed by atoms with van der Waals surface area (Å²) < 4.78 is 0. The summed E-state index contributed by atoms with van der Waals surface area (Å²) in [5.74, 6) is -3.60. The van der Waals surface area contributed by atoms with Crippen LogP contribution in [0.4, 0.5) is 5.13 Å². The third kappa shape index (κ3) is 5.39. The Kier molecular flexibility index (Phi) is 6.42. The van der Waals surface area contributed by atoms with Gasteiger partial charge in [0.25, 0.3) is 5.91 Å². The molecule has 0 saturated heterocycles. The number of rotatable bonds is 8. The number of hydrogen-bond donors (Lipinski definition) is 5. The minimum atomic E-state index is -1.72. The van der Waals surface area contributed by atoms with Crippen molar-refractivity contribution in [3.63, 3.8) is 0 Å². The Balaban J connectivity index is 3.17. The number of nitrogens with zero attached hydrogens (tertiary/aromatic N) is 2. The van der Waals surface area contributed by atoms with Gasteiger partial charge in [0.05, 0.1) is 0 Å². The van der Waals surface area contributed by atoms with Gasteiger partial charge in [0.2, 0.25) is 5.60 Å². The minimum Gasteiger partial charge on any atom is -0.480 e. The molecule has 7 N–H and O–H groups in total. The van der Waals surface area contributed by atoms with Crippen LogP contribution in [0.3, 0.4) is 0 Å². The van der Waals surface area contributed by atoms with Crippen LogP contribution in [0.15, 0.2) is 10.5 Å². The monoisotopic (exact) mass is 373 g/mol. The van der Waals surface area contributed by atoms with Crippen molar-refractivity contribution < 1.29 is 29.4 Å². The number of oxime groups is 1. The van der Waals surface area contributed by atoms with Gasteiger partial charge in [0, 0.05) is 11.4 Å². The first-order valence-electron chi connectivity index (χ1n) is 6.96. The Morgan fingerprint density at radius 2 is 2.00 bits per heavy atom. The molecule has 11 nitrogen and oxygen atoms in total. The summed E-state index contributed by atoms with van der Waals surface area (Å²) in [4.78, 5) is 43.4. The molecule has 25 heavy (non-hydrogen) atoms. The zero-order valence-electron chi connectivity index (χ0n) is 13.7. The van der Waals surface area contributed by atoms with E-state index in [4.69, 9.17) is 26.5 Å². The highest BCUT2D eigenvalue weighted by Crippen LogP contribution is 2.15. The summed E-state index contributed by atoms with van der Waals surface area (Å²) in [6.45, 7) is 3.86. The van der Waals surface area contributed by atoms with Gasteiger partial charge >= 0.3 is 11.9 Å². The van der Waals surface area contributed by atoms with Gasteiger partial charge in [-0.3, -0.25) is 4.79 Å². The lowest BCUT2D eigenvalue weighted by Gasteiger charge is -2.19. The summed E-state index contributed by atoms with van der Waals surface area (Å²) >= 11 is 1.01. The van der Waals surface area contributed by atoms with Crippen LogP contribution in [0.5, 0.6) is 0 Å². The molecule has 1 heterocycles. The maximum absolute atomic E-state index is 12.4. The number of nitrogens with one attached hydrogen (secondary N) is 1. The number of amides is 1. The van der Waals surface area contributed by atoms with Crippen LogP contribution in [0.2, 0.25) is 0 Å². The van der Waals surface area contributed by atoms with Crippen LogP contribution in [0.25, 0.3) is 0 Å². The molecular weight excluding hydrogens is 354 g/mol. The van der Waals surface area contributed by atoms with Crippen molar-refractivity contribution in [2.75, 3.05) is 5.73 Å². The minimum absolute atomic E-state index is 0.00926. The molecule has 12 heteroatoms. The van der Waals surface area contributed by atoms with Crippen molar-refractivity contribution in [2.45, 2.75) is 38.5 Å². The van der Waals surface area contributed by atoms with E-state index in [9.17, 15) is 14.4 Å². The summed E-state index contributed by atoms with van der Waals surface area (Å²) in [5.41, 5.74) is 8.92. The zero-order chi connectivity index (χ0) is 19.4.